The molecule has 0 saturated carbocycles. The van der Waals surface area contributed by atoms with Gasteiger partial charge in [-0.1, -0.05) is 0 Å². The Morgan fingerprint density at radius 3 is 2.69 bits per heavy atom. The first-order chi connectivity index (χ1) is 6.02. The first-order valence-electron chi connectivity index (χ1n) is 4.24. The number of anilines is 1. The van der Waals surface area contributed by atoms with E-state index in [0.29, 0.717) is 0 Å². The first kappa shape index (κ1) is 9.92. The van der Waals surface area contributed by atoms with Crippen molar-refractivity contribution in [3.8, 4) is 0 Å². The summed E-state index contributed by atoms with van der Waals surface area (Å²) in [5, 5.41) is 12.6. The van der Waals surface area contributed by atoms with Crippen molar-refractivity contribution in [2.24, 2.45) is 0 Å². The topological polar surface area (TPSA) is 58.0 Å². The van der Waals surface area contributed by atoms with Crippen LogP contribution < -0.4 is 5.32 Å². The van der Waals surface area contributed by atoms with Gasteiger partial charge in [0.15, 0.2) is 0 Å². The lowest BCUT2D eigenvalue weighted by Crippen LogP contribution is -2.42. The van der Waals surface area contributed by atoms with E-state index in [2.05, 4.69) is 15.3 Å². The summed E-state index contributed by atoms with van der Waals surface area (Å²) >= 11 is 0. The molecule has 0 amide bonds. The van der Waals surface area contributed by atoms with E-state index in [1.807, 2.05) is 13.8 Å². The molecule has 1 aromatic heterocycles. The van der Waals surface area contributed by atoms with Crippen LogP contribution in [-0.4, -0.2) is 26.7 Å². The van der Waals surface area contributed by atoms with Gasteiger partial charge in [-0.15, -0.1) is 0 Å². The minimum absolute atomic E-state index is 0.381. The van der Waals surface area contributed by atoms with Crippen molar-refractivity contribution in [2.45, 2.75) is 32.4 Å². The summed E-state index contributed by atoms with van der Waals surface area (Å²) in [6.45, 7) is 5.58. The molecule has 0 aliphatic heterocycles. The summed E-state index contributed by atoms with van der Waals surface area (Å²) in [4.78, 5) is 7.82. The number of aromatic nitrogens is 2. The smallest absolute Gasteiger partial charge is 0.129 e. The second-order valence-electron chi connectivity index (χ2n) is 3.62. The zero-order valence-electron chi connectivity index (χ0n) is 8.15. The van der Waals surface area contributed by atoms with Gasteiger partial charge < -0.3 is 10.4 Å². The van der Waals surface area contributed by atoms with Gasteiger partial charge in [0.05, 0.1) is 11.6 Å². The number of hydrogen-bond acceptors (Lipinski definition) is 4. The summed E-state index contributed by atoms with van der Waals surface area (Å²) in [5.74, 6) is 0.723. The van der Waals surface area contributed by atoms with Crippen LogP contribution in [0.4, 0.5) is 5.82 Å². The molecule has 0 spiro atoms. The quantitative estimate of drug-likeness (QED) is 0.731. The minimum atomic E-state index is -0.442. The lowest BCUT2D eigenvalue weighted by molar-refractivity contribution is 0.133. The fraction of sp³-hybridized carbons (Fsp3) is 0.556. The predicted octanol–water partition coefficient (Wildman–Crippen LogP) is 1.05. The molecule has 0 radical (unpaired) electrons. The second kappa shape index (κ2) is 3.70. The minimum Gasteiger partial charge on any atom is -0.391 e. The average molecular weight is 181 g/mol. The lowest BCUT2D eigenvalue weighted by atomic mass is 9.99. The van der Waals surface area contributed by atoms with E-state index in [4.69, 9.17) is 0 Å². The molecular formula is C9H15N3O. The number of rotatable bonds is 3. The molecule has 0 fully saturated rings. The number of hydrogen-bond donors (Lipinski definition) is 2. The molecule has 4 heteroatoms. The summed E-state index contributed by atoms with van der Waals surface area (Å²) in [5.41, 5.74) is -0.381. The second-order valence-corrected chi connectivity index (χ2v) is 3.62. The van der Waals surface area contributed by atoms with Crippen LogP contribution in [0, 0.1) is 0 Å². The molecule has 72 valence electrons. The zero-order chi connectivity index (χ0) is 9.90. The van der Waals surface area contributed by atoms with Crippen LogP contribution in [0.3, 0.4) is 0 Å². The van der Waals surface area contributed by atoms with Gasteiger partial charge in [0.1, 0.15) is 12.1 Å². The van der Waals surface area contributed by atoms with Gasteiger partial charge in [-0.3, -0.25) is 0 Å². The maximum Gasteiger partial charge on any atom is 0.129 e. The molecular weight excluding hydrogens is 166 g/mol. The molecule has 0 saturated heterocycles. The van der Waals surface area contributed by atoms with E-state index in [1.165, 1.54) is 6.33 Å². The Hall–Kier alpha value is -1.16. The number of nitrogens with zero attached hydrogens (tertiary/aromatic N) is 2. The highest BCUT2D eigenvalue weighted by atomic mass is 16.3. The van der Waals surface area contributed by atoms with Crippen LogP contribution in [0.1, 0.15) is 20.8 Å². The summed E-state index contributed by atoms with van der Waals surface area (Å²) in [6, 6.07) is 1.77. The van der Waals surface area contributed by atoms with E-state index >= 15 is 0 Å². The Kier molecular flexibility index (Phi) is 2.83. The van der Waals surface area contributed by atoms with Crippen LogP contribution in [0.5, 0.6) is 0 Å². The molecule has 0 aliphatic carbocycles. The monoisotopic (exact) mass is 181 g/mol. The molecule has 0 aliphatic rings. The predicted molar refractivity (Wildman–Crippen MR) is 51.4 cm³/mol. The highest BCUT2D eigenvalue weighted by Gasteiger charge is 2.23. The Morgan fingerprint density at radius 1 is 1.54 bits per heavy atom. The molecule has 0 bridgehead atoms. The van der Waals surface area contributed by atoms with Gasteiger partial charge in [-0.05, 0) is 26.8 Å². The summed E-state index contributed by atoms with van der Waals surface area (Å²) in [7, 11) is 0. The molecule has 1 heterocycles. The third-order valence-electron chi connectivity index (χ3n) is 2.08. The molecule has 4 nitrogen and oxygen atoms in total. The van der Waals surface area contributed by atoms with Crippen LogP contribution in [0.15, 0.2) is 18.6 Å². The van der Waals surface area contributed by atoms with Gasteiger partial charge in [0.2, 0.25) is 0 Å². The molecule has 1 unspecified atom stereocenters. The highest BCUT2D eigenvalue weighted by Crippen LogP contribution is 2.15. The van der Waals surface area contributed by atoms with E-state index in [0.717, 1.165) is 5.82 Å². The molecule has 1 aromatic rings. The summed E-state index contributed by atoms with van der Waals surface area (Å²) < 4.78 is 0. The summed E-state index contributed by atoms with van der Waals surface area (Å²) in [6.07, 6.45) is 2.69. The molecule has 1 rings (SSSR count). The van der Waals surface area contributed by atoms with E-state index in [9.17, 15) is 5.11 Å². The third-order valence-corrected chi connectivity index (χ3v) is 2.08. The Morgan fingerprint density at radius 2 is 2.23 bits per heavy atom. The fourth-order valence-electron chi connectivity index (χ4n) is 0.799. The maximum absolute atomic E-state index is 9.44. The molecule has 0 aromatic carbocycles. The van der Waals surface area contributed by atoms with Crippen molar-refractivity contribution in [2.75, 3.05) is 5.32 Å². The first-order valence-corrected chi connectivity index (χ1v) is 4.24. The van der Waals surface area contributed by atoms with Crippen LogP contribution in [-0.2, 0) is 0 Å². The van der Waals surface area contributed by atoms with Gasteiger partial charge >= 0.3 is 0 Å². The van der Waals surface area contributed by atoms with Crippen molar-refractivity contribution in [3.05, 3.63) is 18.6 Å². The van der Waals surface area contributed by atoms with Crippen molar-refractivity contribution in [1.29, 1.82) is 0 Å². The SMILES string of the molecule is CC(O)C(C)(C)Nc1ccncn1. The van der Waals surface area contributed by atoms with Crippen molar-refractivity contribution in [3.63, 3.8) is 0 Å². The number of nitrogens with one attached hydrogen (secondary N) is 1. The van der Waals surface area contributed by atoms with Gasteiger partial charge in [0.25, 0.3) is 0 Å². The third kappa shape index (κ3) is 2.66. The van der Waals surface area contributed by atoms with E-state index in [1.54, 1.807) is 19.2 Å². The van der Waals surface area contributed by atoms with Crippen molar-refractivity contribution >= 4 is 5.82 Å². The van der Waals surface area contributed by atoms with Gasteiger partial charge in [0, 0.05) is 6.20 Å². The molecule has 2 N–H and O–H groups in total. The number of aliphatic hydroxyl groups excluding tert-OH is 1. The van der Waals surface area contributed by atoms with Crippen molar-refractivity contribution in [1.82, 2.24) is 9.97 Å². The normalized spacial score (nSPS) is 13.8. The van der Waals surface area contributed by atoms with Crippen molar-refractivity contribution < 1.29 is 5.11 Å². The van der Waals surface area contributed by atoms with E-state index in [-0.39, 0.29) is 5.54 Å². The number of aliphatic hydroxyl groups is 1. The molecule has 13 heavy (non-hydrogen) atoms. The lowest BCUT2D eigenvalue weighted by Gasteiger charge is -2.29. The average Bonchev–Trinajstić information content (AvgIpc) is 2.05. The zero-order valence-corrected chi connectivity index (χ0v) is 8.15. The fourth-order valence-corrected chi connectivity index (χ4v) is 0.799. The largest absolute Gasteiger partial charge is 0.391 e. The van der Waals surface area contributed by atoms with E-state index < -0.39 is 6.10 Å². The Bertz CT molecular complexity index is 259. The highest BCUT2D eigenvalue weighted by molar-refractivity contribution is 5.35. The maximum atomic E-state index is 9.44. The van der Waals surface area contributed by atoms with Crippen LogP contribution >= 0.6 is 0 Å². The van der Waals surface area contributed by atoms with Crippen LogP contribution in [0.2, 0.25) is 0 Å². The Balaban J connectivity index is 2.69. The van der Waals surface area contributed by atoms with Gasteiger partial charge in [-0.2, -0.15) is 0 Å². The molecule has 1 atom stereocenters. The van der Waals surface area contributed by atoms with Crippen LogP contribution in [0.25, 0.3) is 0 Å². The van der Waals surface area contributed by atoms with Gasteiger partial charge in [-0.25, -0.2) is 9.97 Å². The Labute approximate surface area is 78.0 Å². The standard InChI is InChI=1S/C9H15N3O/c1-7(13)9(2,3)12-8-4-5-10-6-11-8/h4-7,13H,1-3H3,(H,10,11,12).